The Morgan fingerprint density at radius 3 is 2.48 bits per heavy atom. The van der Waals surface area contributed by atoms with Gasteiger partial charge in [-0.05, 0) is 31.0 Å². The molecule has 21 heavy (non-hydrogen) atoms. The molecule has 0 heterocycles. The Bertz CT molecular complexity index is 478. The van der Waals surface area contributed by atoms with Crippen LogP contribution in [-0.2, 0) is 11.0 Å². The molecule has 118 valence electrons. The fraction of sp³-hybridized carbons (Fsp3) is 0.500. The van der Waals surface area contributed by atoms with Crippen LogP contribution in [0.25, 0.3) is 0 Å². The van der Waals surface area contributed by atoms with Crippen LogP contribution in [0.1, 0.15) is 37.7 Å². The monoisotopic (exact) mass is 367 g/mol. The van der Waals surface area contributed by atoms with E-state index in [1.165, 1.54) is 6.07 Å². The maximum Gasteiger partial charge on any atom is 0.418 e. The molecule has 0 atom stereocenters. The summed E-state index contributed by atoms with van der Waals surface area (Å²) in [5.74, 6) is -0.821. The highest BCUT2D eigenvalue weighted by Crippen LogP contribution is 2.36. The van der Waals surface area contributed by atoms with Crippen molar-refractivity contribution in [2.45, 2.75) is 38.3 Å². The number of rotatable bonds is 8. The second-order valence-electron chi connectivity index (χ2n) is 4.67. The van der Waals surface area contributed by atoms with Crippen LogP contribution in [0.5, 0.6) is 0 Å². The number of nitrogens with one attached hydrogen (secondary N) is 1. The molecule has 1 aromatic rings. The first-order valence-corrected chi connectivity index (χ1v) is 7.42. The number of carbonyl (C=O) groups is 1. The Labute approximate surface area is 129 Å². The van der Waals surface area contributed by atoms with E-state index in [1.54, 1.807) is 6.07 Å². The molecule has 0 fully saturated rings. The van der Waals surface area contributed by atoms with Crippen LogP contribution in [0.3, 0.4) is 0 Å². The van der Waals surface area contributed by atoms with Gasteiger partial charge in [-0.2, -0.15) is 13.2 Å². The summed E-state index contributed by atoms with van der Waals surface area (Å²) in [6.45, 7) is 0.428. The first kappa shape index (κ1) is 17.8. The van der Waals surface area contributed by atoms with Gasteiger partial charge in [-0.15, -0.1) is 0 Å². The quantitative estimate of drug-likeness (QED) is 0.641. The van der Waals surface area contributed by atoms with Gasteiger partial charge in [0.05, 0.1) is 5.56 Å². The van der Waals surface area contributed by atoms with E-state index in [4.69, 9.17) is 5.11 Å². The van der Waals surface area contributed by atoms with Crippen LogP contribution in [0, 0.1) is 0 Å². The van der Waals surface area contributed by atoms with E-state index in [0.717, 1.165) is 18.9 Å². The number of hydrogen-bond acceptors (Lipinski definition) is 2. The van der Waals surface area contributed by atoms with Crippen LogP contribution in [0.4, 0.5) is 18.9 Å². The molecule has 0 unspecified atom stereocenters. The van der Waals surface area contributed by atoms with Gasteiger partial charge in [0, 0.05) is 23.1 Å². The van der Waals surface area contributed by atoms with Gasteiger partial charge in [0.2, 0.25) is 0 Å². The van der Waals surface area contributed by atoms with Gasteiger partial charge < -0.3 is 10.4 Å². The molecule has 7 heteroatoms. The van der Waals surface area contributed by atoms with Gasteiger partial charge in [0.15, 0.2) is 0 Å². The van der Waals surface area contributed by atoms with Gasteiger partial charge in [-0.25, -0.2) is 0 Å². The summed E-state index contributed by atoms with van der Waals surface area (Å²) in [4.78, 5) is 10.3. The first-order chi connectivity index (χ1) is 9.80. The highest BCUT2D eigenvalue weighted by molar-refractivity contribution is 9.10. The third-order valence-electron chi connectivity index (χ3n) is 2.92. The Hall–Kier alpha value is -1.24. The average molecular weight is 368 g/mol. The highest BCUT2D eigenvalue weighted by Gasteiger charge is 2.33. The zero-order chi connectivity index (χ0) is 15.9. The lowest BCUT2D eigenvalue weighted by Crippen LogP contribution is -2.11. The van der Waals surface area contributed by atoms with E-state index in [-0.39, 0.29) is 12.1 Å². The molecule has 0 aliphatic rings. The second kappa shape index (κ2) is 8.26. The number of benzene rings is 1. The number of aliphatic carboxylic acids is 1. The Balaban J connectivity index is 2.40. The Kier molecular flexibility index (Phi) is 7.01. The maximum absolute atomic E-state index is 12.9. The number of unbranched alkanes of at least 4 members (excludes halogenated alkanes) is 3. The van der Waals surface area contributed by atoms with Gasteiger partial charge >= 0.3 is 12.1 Å². The molecule has 3 nitrogen and oxygen atoms in total. The molecule has 1 aromatic carbocycles. The lowest BCUT2D eigenvalue weighted by molar-refractivity contribution is -0.138. The molecule has 0 radical (unpaired) electrons. The molecule has 0 aliphatic heterocycles. The fourth-order valence-corrected chi connectivity index (χ4v) is 2.24. The van der Waals surface area contributed by atoms with Crippen molar-refractivity contribution in [2.75, 3.05) is 11.9 Å². The predicted octanol–water partition coefficient (Wildman–Crippen LogP) is 4.91. The summed E-state index contributed by atoms with van der Waals surface area (Å²) in [7, 11) is 0. The number of alkyl halides is 3. The molecule has 0 aliphatic carbocycles. The molecule has 0 saturated carbocycles. The van der Waals surface area contributed by atoms with E-state index in [0.29, 0.717) is 23.9 Å². The lowest BCUT2D eigenvalue weighted by Gasteiger charge is -2.15. The van der Waals surface area contributed by atoms with E-state index in [2.05, 4.69) is 21.2 Å². The summed E-state index contributed by atoms with van der Waals surface area (Å²) < 4.78 is 39.0. The molecule has 2 N–H and O–H groups in total. The molecular formula is C14H17BrF3NO2. The second-order valence-corrected chi connectivity index (χ2v) is 5.59. The molecule has 0 amide bonds. The van der Waals surface area contributed by atoms with Crippen molar-refractivity contribution in [2.24, 2.45) is 0 Å². The van der Waals surface area contributed by atoms with Gasteiger partial charge in [0.1, 0.15) is 0 Å². The predicted molar refractivity (Wildman–Crippen MR) is 78.4 cm³/mol. The minimum Gasteiger partial charge on any atom is -0.481 e. The van der Waals surface area contributed by atoms with Crippen molar-refractivity contribution in [1.82, 2.24) is 0 Å². The number of carboxylic acid groups (broad SMARTS) is 1. The SMILES string of the molecule is O=C(O)CCCCCCNc1ccc(Br)cc1C(F)(F)F. The van der Waals surface area contributed by atoms with Crippen LogP contribution in [-0.4, -0.2) is 17.6 Å². The fourth-order valence-electron chi connectivity index (χ4n) is 1.88. The molecule has 0 saturated heterocycles. The summed E-state index contributed by atoms with van der Waals surface area (Å²) in [6, 6.07) is 4.01. The topological polar surface area (TPSA) is 49.3 Å². The minimum absolute atomic E-state index is 0.0660. The molecular weight excluding hydrogens is 351 g/mol. The summed E-state index contributed by atoms with van der Waals surface area (Å²) >= 11 is 3.03. The van der Waals surface area contributed by atoms with Crippen molar-refractivity contribution in [3.05, 3.63) is 28.2 Å². The summed E-state index contributed by atoms with van der Waals surface area (Å²) in [5.41, 5.74) is -0.626. The summed E-state index contributed by atoms with van der Waals surface area (Å²) in [6.07, 6.45) is -1.40. The van der Waals surface area contributed by atoms with Gasteiger partial charge in [-0.1, -0.05) is 28.8 Å². The zero-order valence-corrected chi connectivity index (χ0v) is 12.9. The van der Waals surface area contributed by atoms with Crippen LogP contribution in [0.15, 0.2) is 22.7 Å². The standard InChI is InChI=1S/C14H17BrF3NO2/c15-10-6-7-12(11(9-10)14(16,17)18)19-8-4-2-1-3-5-13(20)21/h6-7,9,19H,1-5,8H2,(H,20,21). The third-order valence-corrected chi connectivity index (χ3v) is 3.41. The normalized spacial score (nSPS) is 11.4. The van der Waals surface area contributed by atoms with Crippen molar-refractivity contribution in [1.29, 1.82) is 0 Å². The first-order valence-electron chi connectivity index (χ1n) is 6.63. The highest BCUT2D eigenvalue weighted by atomic mass is 79.9. The number of hydrogen-bond donors (Lipinski definition) is 2. The summed E-state index contributed by atoms with van der Waals surface area (Å²) in [5, 5.41) is 11.3. The van der Waals surface area contributed by atoms with Gasteiger partial charge in [-0.3, -0.25) is 4.79 Å². The van der Waals surface area contributed by atoms with Crippen LogP contribution in [0.2, 0.25) is 0 Å². The number of anilines is 1. The maximum atomic E-state index is 12.9. The van der Waals surface area contributed by atoms with Crippen molar-refractivity contribution >= 4 is 27.6 Å². The molecule has 1 rings (SSSR count). The largest absolute Gasteiger partial charge is 0.481 e. The minimum atomic E-state index is -4.40. The number of halogens is 4. The molecule has 0 aromatic heterocycles. The number of carboxylic acids is 1. The smallest absolute Gasteiger partial charge is 0.418 e. The Morgan fingerprint density at radius 1 is 1.19 bits per heavy atom. The van der Waals surface area contributed by atoms with E-state index >= 15 is 0 Å². The van der Waals surface area contributed by atoms with E-state index < -0.39 is 17.7 Å². The lowest BCUT2D eigenvalue weighted by atomic mass is 10.1. The van der Waals surface area contributed by atoms with E-state index in [1.807, 2.05) is 0 Å². The Morgan fingerprint density at radius 2 is 1.86 bits per heavy atom. The van der Waals surface area contributed by atoms with Crippen molar-refractivity contribution in [3.63, 3.8) is 0 Å². The average Bonchev–Trinajstić information content (AvgIpc) is 2.37. The van der Waals surface area contributed by atoms with Crippen LogP contribution < -0.4 is 5.32 Å². The third kappa shape index (κ3) is 6.84. The molecule has 0 bridgehead atoms. The van der Waals surface area contributed by atoms with Gasteiger partial charge in [0.25, 0.3) is 0 Å². The zero-order valence-electron chi connectivity index (χ0n) is 11.3. The van der Waals surface area contributed by atoms with Crippen molar-refractivity contribution in [3.8, 4) is 0 Å². The van der Waals surface area contributed by atoms with Crippen molar-refractivity contribution < 1.29 is 23.1 Å². The van der Waals surface area contributed by atoms with Crippen LogP contribution >= 0.6 is 15.9 Å². The van der Waals surface area contributed by atoms with E-state index in [9.17, 15) is 18.0 Å². The molecule has 0 spiro atoms.